The molecule has 0 aromatic carbocycles. The molecule has 0 bridgehead atoms. The van der Waals surface area contributed by atoms with Gasteiger partial charge >= 0.3 is 0 Å². The first kappa shape index (κ1) is 11.5. The predicted molar refractivity (Wildman–Crippen MR) is 63.3 cm³/mol. The van der Waals surface area contributed by atoms with Crippen molar-refractivity contribution < 1.29 is 9.57 Å². The molecule has 0 amide bonds. The van der Waals surface area contributed by atoms with Crippen LogP contribution >= 0.6 is 23.8 Å². The molecule has 1 unspecified atom stereocenters. The van der Waals surface area contributed by atoms with E-state index in [4.69, 9.17) is 33.4 Å². The number of hydrogen-bond acceptors (Lipinski definition) is 4. The molecule has 0 radical (unpaired) electrons. The molecule has 0 saturated heterocycles. The average molecular weight is 262 g/mol. The third-order valence-electron chi connectivity index (χ3n) is 2.36. The number of nitrogens with zero attached hydrogens (tertiary/aromatic N) is 2. The van der Waals surface area contributed by atoms with Gasteiger partial charge in [-0.2, -0.15) is 0 Å². The Kier molecular flexibility index (Phi) is 3.20. The van der Waals surface area contributed by atoms with E-state index < -0.39 is 0 Å². The molecule has 1 aromatic heterocycles. The highest BCUT2D eigenvalue weighted by Gasteiger charge is 2.23. The molecule has 7 heteroatoms. The maximum absolute atomic E-state index is 6.02. The molecule has 2 rings (SSSR count). The van der Waals surface area contributed by atoms with E-state index in [1.807, 2.05) is 6.92 Å². The number of ether oxygens (including phenoxy) is 1. The lowest BCUT2D eigenvalue weighted by atomic mass is 10.3. The molecule has 1 aliphatic heterocycles. The van der Waals surface area contributed by atoms with E-state index in [-0.39, 0.29) is 6.10 Å². The first-order chi connectivity index (χ1) is 7.63. The molecule has 0 aliphatic carbocycles. The summed E-state index contributed by atoms with van der Waals surface area (Å²) in [7, 11) is 1.78. The molecule has 1 aliphatic rings. The van der Waals surface area contributed by atoms with Crippen LogP contribution < -0.4 is 0 Å². The summed E-state index contributed by atoms with van der Waals surface area (Å²) < 4.78 is 7.82. The van der Waals surface area contributed by atoms with E-state index in [0.29, 0.717) is 27.9 Å². The number of H-pyrrole nitrogens is 1. The first-order valence-electron chi connectivity index (χ1n) is 4.95. The van der Waals surface area contributed by atoms with Gasteiger partial charge in [-0.25, -0.2) is 0 Å². The number of hydrogen-bond donors (Lipinski definition) is 1. The van der Waals surface area contributed by atoms with Crippen LogP contribution in [-0.2, 0) is 16.6 Å². The van der Waals surface area contributed by atoms with Crippen LogP contribution in [0.5, 0.6) is 0 Å². The maximum Gasteiger partial charge on any atom is 0.264 e. The van der Waals surface area contributed by atoms with Gasteiger partial charge in [-0.15, -0.1) is 0 Å². The average Bonchev–Trinajstić information content (AvgIpc) is 2.53. The van der Waals surface area contributed by atoms with Crippen molar-refractivity contribution in [3.63, 3.8) is 0 Å². The summed E-state index contributed by atoms with van der Waals surface area (Å²) in [6, 6.07) is 0. The maximum atomic E-state index is 6.02. The third-order valence-corrected chi connectivity index (χ3v) is 3.11. The monoisotopic (exact) mass is 261 g/mol. The summed E-state index contributed by atoms with van der Waals surface area (Å²) >= 11 is 11.2. The van der Waals surface area contributed by atoms with Gasteiger partial charge in [0.05, 0.1) is 0 Å². The number of oxime groups is 1. The van der Waals surface area contributed by atoms with Gasteiger partial charge in [0.25, 0.3) is 5.90 Å². The Hall–Kier alpha value is -1.01. The number of halogens is 1. The summed E-state index contributed by atoms with van der Waals surface area (Å²) in [5, 5.41) is 7.12. The molecule has 2 heterocycles. The lowest BCUT2D eigenvalue weighted by Crippen LogP contribution is -2.27. The number of rotatable bonds is 2. The highest BCUT2D eigenvalue weighted by Crippen LogP contribution is 2.20. The van der Waals surface area contributed by atoms with Gasteiger partial charge in [0.1, 0.15) is 21.5 Å². The van der Waals surface area contributed by atoms with E-state index in [1.54, 1.807) is 11.7 Å². The van der Waals surface area contributed by atoms with Crippen LogP contribution in [0, 0.1) is 4.64 Å². The van der Waals surface area contributed by atoms with Gasteiger partial charge in [-0.3, -0.25) is 9.78 Å². The zero-order valence-corrected chi connectivity index (χ0v) is 10.6. The summed E-state index contributed by atoms with van der Waals surface area (Å²) in [6.07, 6.45) is 0.845. The van der Waals surface area contributed by atoms with Gasteiger partial charge in [0.2, 0.25) is 0 Å². The van der Waals surface area contributed by atoms with E-state index in [0.717, 1.165) is 6.42 Å². The molecule has 88 valence electrons. The first-order valence-corrected chi connectivity index (χ1v) is 5.73. The number of aromatic amines is 1. The second kappa shape index (κ2) is 4.47. The van der Waals surface area contributed by atoms with Crippen molar-refractivity contribution in [3.8, 4) is 0 Å². The van der Waals surface area contributed by atoms with Crippen molar-refractivity contribution >= 4 is 29.7 Å². The summed E-state index contributed by atoms with van der Waals surface area (Å²) in [5.41, 5.74) is 0.581. The fourth-order valence-electron chi connectivity index (χ4n) is 1.40. The Labute approximate surface area is 103 Å². The molecule has 16 heavy (non-hydrogen) atoms. The highest BCUT2D eigenvalue weighted by molar-refractivity contribution is 7.71. The van der Waals surface area contributed by atoms with Gasteiger partial charge < -0.3 is 9.57 Å². The quantitative estimate of drug-likeness (QED) is 0.831. The minimum absolute atomic E-state index is 0.00169. The summed E-state index contributed by atoms with van der Waals surface area (Å²) in [6.45, 7) is 2.48. The fraction of sp³-hybridized carbons (Fsp3) is 0.556. The van der Waals surface area contributed by atoms with Gasteiger partial charge in [0, 0.05) is 7.05 Å². The lowest BCUT2D eigenvalue weighted by molar-refractivity contribution is 0.00918. The zero-order valence-electron chi connectivity index (χ0n) is 8.99. The van der Waals surface area contributed by atoms with Crippen LogP contribution in [0.2, 0.25) is 5.15 Å². The molecule has 1 atom stereocenters. The Morgan fingerprint density at radius 2 is 2.44 bits per heavy atom. The summed E-state index contributed by atoms with van der Waals surface area (Å²) in [5.74, 6) is 0.352. The second-order valence-electron chi connectivity index (χ2n) is 3.51. The molecule has 1 N–H and O–H groups in total. The van der Waals surface area contributed by atoms with Crippen molar-refractivity contribution in [2.45, 2.75) is 19.4 Å². The molecule has 1 aromatic rings. The van der Waals surface area contributed by atoms with Crippen molar-refractivity contribution in [2.24, 2.45) is 12.2 Å². The molecule has 0 saturated carbocycles. The van der Waals surface area contributed by atoms with E-state index in [2.05, 4.69) is 10.3 Å². The van der Waals surface area contributed by atoms with Gasteiger partial charge in [0.15, 0.2) is 6.61 Å². The SMILES string of the molecule is CCC1CON=C(c2c(Cl)[nH]n(C)c2=S)O1. The predicted octanol–water partition coefficient (Wildman–Crippen LogP) is 2.22. The van der Waals surface area contributed by atoms with Gasteiger partial charge in [-0.1, -0.05) is 30.7 Å². The van der Waals surface area contributed by atoms with Crippen molar-refractivity contribution in [1.82, 2.24) is 9.78 Å². The Morgan fingerprint density at radius 3 is 3.00 bits per heavy atom. The lowest BCUT2D eigenvalue weighted by Gasteiger charge is -2.21. The van der Waals surface area contributed by atoms with E-state index in [1.165, 1.54) is 0 Å². The van der Waals surface area contributed by atoms with Crippen molar-refractivity contribution in [2.75, 3.05) is 6.61 Å². The molecule has 0 spiro atoms. The topological polar surface area (TPSA) is 51.5 Å². The smallest absolute Gasteiger partial charge is 0.264 e. The van der Waals surface area contributed by atoms with E-state index >= 15 is 0 Å². The van der Waals surface area contributed by atoms with Crippen molar-refractivity contribution in [1.29, 1.82) is 0 Å². The normalized spacial score (nSPS) is 19.9. The molecular weight excluding hydrogens is 250 g/mol. The highest BCUT2D eigenvalue weighted by atomic mass is 35.5. The van der Waals surface area contributed by atoms with E-state index in [9.17, 15) is 0 Å². The largest absolute Gasteiger partial charge is 0.468 e. The number of nitrogens with one attached hydrogen (secondary N) is 1. The standard InChI is InChI=1S/C9H12ClN3O2S/c1-3-5-4-14-12-8(15-5)6-7(10)11-13(2)9(6)16/h5,11H,3-4H2,1-2H3. The zero-order chi connectivity index (χ0) is 11.7. The summed E-state index contributed by atoms with van der Waals surface area (Å²) in [4.78, 5) is 5.09. The van der Waals surface area contributed by atoms with Crippen LogP contribution in [0.3, 0.4) is 0 Å². The van der Waals surface area contributed by atoms with Crippen LogP contribution in [0.4, 0.5) is 0 Å². The third kappa shape index (κ3) is 1.94. The number of aryl methyl sites for hydroxylation is 1. The Morgan fingerprint density at radius 1 is 1.69 bits per heavy atom. The Balaban J connectivity index is 2.37. The van der Waals surface area contributed by atoms with Crippen LogP contribution in [0.1, 0.15) is 18.9 Å². The number of aromatic nitrogens is 2. The van der Waals surface area contributed by atoms with Crippen LogP contribution in [0.25, 0.3) is 0 Å². The molecule has 0 fully saturated rings. The van der Waals surface area contributed by atoms with Gasteiger partial charge in [-0.05, 0) is 11.6 Å². The fourth-order valence-corrected chi connectivity index (χ4v) is 1.99. The molecule has 5 nitrogen and oxygen atoms in total. The second-order valence-corrected chi connectivity index (χ2v) is 4.27. The van der Waals surface area contributed by atoms with Crippen LogP contribution in [-0.4, -0.2) is 28.4 Å². The van der Waals surface area contributed by atoms with Crippen molar-refractivity contribution in [3.05, 3.63) is 15.4 Å². The minimum Gasteiger partial charge on any atom is -0.468 e. The van der Waals surface area contributed by atoms with Crippen LogP contribution in [0.15, 0.2) is 5.16 Å². The Bertz CT molecular complexity index is 480. The molecular formula is C9H12ClN3O2S. The minimum atomic E-state index is -0.00169.